The van der Waals surface area contributed by atoms with Gasteiger partial charge in [-0.2, -0.15) is 5.26 Å². The molecule has 2 heteroatoms. The highest BCUT2D eigenvalue weighted by Crippen LogP contribution is 2.08. The van der Waals surface area contributed by atoms with Crippen molar-refractivity contribution in [2.24, 2.45) is 0 Å². The summed E-state index contributed by atoms with van der Waals surface area (Å²) in [5, 5.41) is 17.2. The largest absolute Gasteiger partial charge is 0.389 e. The second-order valence-corrected chi connectivity index (χ2v) is 1.93. The van der Waals surface area contributed by atoms with Gasteiger partial charge in [-0.25, -0.2) is 0 Å². The van der Waals surface area contributed by atoms with Gasteiger partial charge in [0.1, 0.15) is 0 Å². The molecule has 1 atom stereocenters. The molecule has 0 aromatic carbocycles. The molecule has 0 aromatic rings. The average Bonchev–Trinajstić information content (AvgIpc) is 1.90. The van der Waals surface area contributed by atoms with Gasteiger partial charge in [0.05, 0.1) is 12.2 Å². The minimum Gasteiger partial charge on any atom is -0.389 e. The molecule has 1 aliphatic rings. The zero-order valence-corrected chi connectivity index (χ0v) is 4.91. The van der Waals surface area contributed by atoms with Crippen molar-refractivity contribution in [3.05, 3.63) is 23.8 Å². The van der Waals surface area contributed by atoms with Crippen molar-refractivity contribution in [1.29, 1.82) is 5.26 Å². The maximum absolute atomic E-state index is 8.88. The molecule has 0 bridgehead atoms. The van der Waals surface area contributed by atoms with E-state index in [0.29, 0.717) is 12.0 Å². The van der Waals surface area contributed by atoms with Crippen LogP contribution in [-0.2, 0) is 0 Å². The third-order valence-electron chi connectivity index (χ3n) is 1.21. The van der Waals surface area contributed by atoms with E-state index in [2.05, 4.69) is 0 Å². The highest BCUT2D eigenvalue weighted by Gasteiger charge is 2.02. The van der Waals surface area contributed by atoms with Gasteiger partial charge in [-0.3, -0.25) is 0 Å². The lowest BCUT2D eigenvalue weighted by atomic mass is 10.1. The van der Waals surface area contributed by atoms with E-state index in [0.717, 1.165) is 0 Å². The molecule has 46 valence electrons. The minimum absolute atomic E-state index is 0.387. The molecule has 0 spiro atoms. The Bertz CT molecular complexity index is 197. The van der Waals surface area contributed by atoms with Gasteiger partial charge < -0.3 is 5.11 Å². The Morgan fingerprint density at radius 2 is 2.56 bits per heavy atom. The standard InChI is InChI=1S/C7H7NO/c8-5-6-1-3-7(9)4-2-6/h1-3,7,9H,4H2. The van der Waals surface area contributed by atoms with Gasteiger partial charge in [-0.15, -0.1) is 0 Å². The summed E-state index contributed by atoms with van der Waals surface area (Å²) in [5.41, 5.74) is 0.639. The van der Waals surface area contributed by atoms with Crippen LogP contribution in [0.25, 0.3) is 0 Å². The van der Waals surface area contributed by atoms with Crippen molar-refractivity contribution < 1.29 is 5.11 Å². The van der Waals surface area contributed by atoms with E-state index in [9.17, 15) is 0 Å². The van der Waals surface area contributed by atoms with Crippen molar-refractivity contribution >= 4 is 0 Å². The van der Waals surface area contributed by atoms with E-state index in [1.165, 1.54) is 0 Å². The predicted octanol–water partition coefficient (Wildman–Crippen LogP) is 0.757. The number of rotatable bonds is 0. The molecular formula is C7H7NO. The molecule has 1 N–H and O–H groups in total. The summed E-state index contributed by atoms with van der Waals surface area (Å²) in [6.45, 7) is 0. The molecule has 1 unspecified atom stereocenters. The van der Waals surface area contributed by atoms with Crippen LogP contribution in [0.5, 0.6) is 0 Å². The van der Waals surface area contributed by atoms with Crippen LogP contribution in [0.1, 0.15) is 6.42 Å². The third kappa shape index (κ3) is 1.41. The second-order valence-electron chi connectivity index (χ2n) is 1.93. The van der Waals surface area contributed by atoms with E-state index in [-0.39, 0.29) is 6.10 Å². The summed E-state index contributed by atoms with van der Waals surface area (Å²) < 4.78 is 0. The topological polar surface area (TPSA) is 44.0 Å². The molecule has 0 heterocycles. The lowest BCUT2D eigenvalue weighted by Crippen LogP contribution is -2.03. The fourth-order valence-corrected chi connectivity index (χ4v) is 0.692. The van der Waals surface area contributed by atoms with Crippen LogP contribution in [0, 0.1) is 11.3 Å². The summed E-state index contributed by atoms with van der Waals surface area (Å²) in [7, 11) is 0. The van der Waals surface area contributed by atoms with Crippen LogP contribution in [0.4, 0.5) is 0 Å². The number of aliphatic hydroxyl groups excluding tert-OH is 1. The van der Waals surface area contributed by atoms with Gasteiger partial charge in [0.25, 0.3) is 0 Å². The van der Waals surface area contributed by atoms with Gasteiger partial charge >= 0.3 is 0 Å². The second kappa shape index (κ2) is 2.47. The predicted molar refractivity (Wildman–Crippen MR) is 33.5 cm³/mol. The maximum Gasteiger partial charge on any atom is 0.0988 e. The summed E-state index contributed by atoms with van der Waals surface area (Å²) in [6.07, 6.45) is 5.17. The average molecular weight is 121 g/mol. The third-order valence-corrected chi connectivity index (χ3v) is 1.21. The van der Waals surface area contributed by atoms with Gasteiger partial charge in [-0.05, 0) is 12.5 Å². The van der Waals surface area contributed by atoms with Crippen LogP contribution < -0.4 is 0 Å². The number of hydrogen-bond acceptors (Lipinski definition) is 2. The normalized spacial score (nSPS) is 24.9. The Labute approximate surface area is 53.7 Å². The van der Waals surface area contributed by atoms with Crippen molar-refractivity contribution in [2.75, 3.05) is 0 Å². The number of nitrogens with zero attached hydrogens (tertiary/aromatic N) is 1. The van der Waals surface area contributed by atoms with Gasteiger partial charge in [-0.1, -0.05) is 12.2 Å². The lowest BCUT2D eigenvalue weighted by Gasteiger charge is -2.04. The molecule has 9 heavy (non-hydrogen) atoms. The molecule has 0 saturated carbocycles. The lowest BCUT2D eigenvalue weighted by molar-refractivity contribution is 0.225. The first-order valence-corrected chi connectivity index (χ1v) is 2.79. The van der Waals surface area contributed by atoms with Gasteiger partial charge in [0.2, 0.25) is 0 Å². The molecule has 0 aliphatic heterocycles. The first kappa shape index (κ1) is 6.06. The van der Waals surface area contributed by atoms with Gasteiger partial charge in [0, 0.05) is 5.57 Å². The van der Waals surface area contributed by atoms with Crippen LogP contribution in [0.2, 0.25) is 0 Å². The highest BCUT2D eigenvalue weighted by atomic mass is 16.3. The summed E-state index contributed by atoms with van der Waals surface area (Å²) >= 11 is 0. The van der Waals surface area contributed by atoms with E-state index in [1.54, 1.807) is 18.2 Å². The first-order valence-electron chi connectivity index (χ1n) is 2.79. The molecule has 2 nitrogen and oxygen atoms in total. The summed E-state index contributed by atoms with van der Waals surface area (Å²) in [6, 6.07) is 1.99. The zero-order chi connectivity index (χ0) is 6.69. The number of nitriles is 1. The van der Waals surface area contributed by atoms with E-state index >= 15 is 0 Å². The summed E-state index contributed by atoms with van der Waals surface area (Å²) in [4.78, 5) is 0. The number of aliphatic hydroxyl groups is 1. The minimum atomic E-state index is -0.387. The Morgan fingerprint density at radius 1 is 1.78 bits per heavy atom. The van der Waals surface area contributed by atoms with Crippen LogP contribution in [0.15, 0.2) is 23.8 Å². The van der Waals surface area contributed by atoms with Crippen LogP contribution in [-0.4, -0.2) is 11.2 Å². The molecule has 0 fully saturated rings. The molecular weight excluding hydrogens is 114 g/mol. The molecule has 1 aliphatic carbocycles. The van der Waals surface area contributed by atoms with E-state index in [1.807, 2.05) is 6.07 Å². The number of allylic oxidation sites excluding steroid dienone is 2. The molecule has 0 aromatic heterocycles. The fraction of sp³-hybridized carbons (Fsp3) is 0.286. The maximum atomic E-state index is 8.88. The van der Waals surface area contributed by atoms with Crippen molar-refractivity contribution in [3.8, 4) is 6.07 Å². The Hall–Kier alpha value is -1.07. The van der Waals surface area contributed by atoms with E-state index < -0.39 is 0 Å². The van der Waals surface area contributed by atoms with Crippen molar-refractivity contribution in [3.63, 3.8) is 0 Å². The van der Waals surface area contributed by atoms with Crippen LogP contribution in [0.3, 0.4) is 0 Å². The number of hydrogen-bond donors (Lipinski definition) is 1. The van der Waals surface area contributed by atoms with E-state index in [4.69, 9.17) is 10.4 Å². The molecule has 1 rings (SSSR count). The molecule has 0 radical (unpaired) electrons. The van der Waals surface area contributed by atoms with Gasteiger partial charge in [0.15, 0.2) is 0 Å². The Balaban J connectivity index is 2.66. The molecule has 0 amide bonds. The smallest absolute Gasteiger partial charge is 0.0988 e. The fourth-order valence-electron chi connectivity index (χ4n) is 0.692. The zero-order valence-electron chi connectivity index (χ0n) is 4.91. The highest BCUT2D eigenvalue weighted by molar-refractivity contribution is 5.35. The first-order chi connectivity index (χ1) is 4.33. The Kier molecular flexibility index (Phi) is 1.66. The quantitative estimate of drug-likeness (QED) is 0.514. The monoisotopic (exact) mass is 121 g/mol. The SMILES string of the molecule is N#CC1=CCC(O)C=C1. The summed E-state index contributed by atoms with van der Waals surface area (Å²) in [5.74, 6) is 0. The van der Waals surface area contributed by atoms with Crippen molar-refractivity contribution in [2.45, 2.75) is 12.5 Å². The van der Waals surface area contributed by atoms with Crippen LogP contribution >= 0.6 is 0 Å². The molecule has 0 saturated heterocycles. The van der Waals surface area contributed by atoms with Crippen molar-refractivity contribution in [1.82, 2.24) is 0 Å². The Morgan fingerprint density at radius 3 is 3.00 bits per heavy atom.